The van der Waals surface area contributed by atoms with Gasteiger partial charge in [0.2, 0.25) is 5.91 Å². The van der Waals surface area contributed by atoms with Crippen LogP contribution in [0.3, 0.4) is 0 Å². The molecule has 1 saturated carbocycles. The number of nitrogens with two attached hydrogens (primary N) is 1. The molecule has 3 aliphatic heterocycles. The highest BCUT2D eigenvalue weighted by Crippen LogP contribution is 2.37. The van der Waals surface area contributed by atoms with Gasteiger partial charge in [0.25, 0.3) is 0 Å². The van der Waals surface area contributed by atoms with Crippen LogP contribution >= 0.6 is 0 Å². The predicted octanol–water partition coefficient (Wildman–Crippen LogP) is 0.273. The molecule has 0 bridgehead atoms. The van der Waals surface area contributed by atoms with Gasteiger partial charge in [-0.05, 0) is 50.5 Å². The Kier molecular flexibility index (Phi) is 5.60. The van der Waals surface area contributed by atoms with E-state index in [9.17, 15) is 4.79 Å². The number of ether oxygens (including phenoxy) is 1. The van der Waals surface area contributed by atoms with E-state index in [2.05, 4.69) is 15.1 Å². The fourth-order valence-electron chi connectivity index (χ4n) is 5.28. The summed E-state index contributed by atoms with van der Waals surface area (Å²) in [7, 11) is 0. The minimum atomic E-state index is 0.257. The van der Waals surface area contributed by atoms with Gasteiger partial charge in [0, 0.05) is 44.7 Å². The fraction of sp³-hybridized carbons (Fsp3) is 0.947. The van der Waals surface area contributed by atoms with Crippen molar-refractivity contribution in [3.05, 3.63) is 0 Å². The minimum Gasteiger partial charge on any atom is -0.378 e. The summed E-state index contributed by atoms with van der Waals surface area (Å²) in [6.07, 6.45) is 5.72. The van der Waals surface area contributed by atoms with E-state index in [-0.39, 0.29) is 5.92 Å². The number of piperidine rings is 1. The zero-order chi connectivity index (χ0) is 17.2. The second-order valence-corrected chi connectivity index (χ2v) is 8.48. The maximum Gasteiger partial charge on any atom is 0.225 e. The van der Waals surface area contributed by atoms with Crippen molar-refractivity contribution in [2.45, 2.75) is 44.2 Å². The SMILES string of the molecule is NC1CNCCC1C1CCC(C(=O)N2CCN(C3COC3)CC2)CC1. The second-order valence-electron chi connectivity index (χ2n) is 8.48. The number of amides is 1. The first-order valence-corrected chi connectivity index (χ1v) is 10.3. The summed E-state index contributed by atoms with van der Waals surface area (Å²) >= 11 is 0. The standard InChI is InChI=1S/C19H34N4O2/c20-18-11-21-6-5-17(18)14-1-3-15(4-2-14)19(24)23-9-7-22(8-10-23)16-12-25-13-16/h14-18,21H,1-13,20H2. The van der Waals surface area contributed by atoms with Gasteiger partial charge in [-0.2, -0.15) is 0 Å². The summed E-state index contributed by atoms with van der Waals surface area (Å²) in [5, 5.41) is 3.40. The maximum atomic E-state index is 12.9. The summed E-state index contributed by atoms with van der Waals surface area (Å²) in [4.78, 5) is 17.5. The number of carbonyl (C=O) groups excluding carboxylic acids is 1. The third-order valence-electron chi connectivity index (χ3n) is 7.07. The van der Waals surface area contributed by atoms with Crippen molar-refractivity contribution in [2.75, 3.05) is 52.5 Å². The van der Waals surface area contributed by atoms with Gasteiger partial charge in [-0.15, -0.1) is 0 Å². The van der Waals surface area contributed by atoms with Crippen LogP contribution in [0.25, 0.3) is 0 Å². The van der Waals surface area contributed by atoms with Crippen LogP contribution in [0, 0.1) is 17.8 Å². The van der Waals surface area contributed by atoms with Gasteiger partial charge in [0.15, 0.2) is 0 Å². The number of carbonyl (C=O) groups is 1. The number of piperazine rings is 1. The largest absolute Gasteiger partial charge is 0.378 e. The molecule has 4 aliphatic rings. The molecular weight excluding hydrogens is 316 g/mol. The Morgan fingerprint density at radius 1 is 1.00 bits per heavy atom. The van der Waals surface area contributed by atoms with Crippen LogP contribution < -0.4 is 11.1 Å². The lowest BCUT2D eigenvalue weighted by atomic mass is 9.71. The fourth-order valence-corrected chi connectivity index (χ4v) is 5.28. The van der Waals surface area contributed by atoms with Crippen LogP contribution in [0.2, 0.25) is 0 Å². The maximum absolute atomic E-state index is 12.9. The van der Waals surface area contributed by atoms with Crippen LogP contribution in [-0.2, 0) is 9.53 Å². The number of hydrogen-bond donors (Lipinski definition) is 2. The van der Waals surface area contributed by atoms with Crippen LogP contribution in [0.4, 0.5) is 0 Å². The molecule has 4 fully saturated rings. The van der Waals surface area contributed by atoms with Gasteiger partial charge in [-0.3, -0.25) is 9.69 Å². The first-order chi connectivity index (χ1) is 12.2. The molecule has 3 heterocycles. The third-order valence-corrected chi connectivity index (χ3v) is 7.07. The number of nitrogens with one attached hydrogen (secondary N) is 1. The second kappa shape index (κ2) is 7.91. The van der Waals surface area contributed by atoms with Gasteiger partial charge >= 0.3 is 0 Å². The van der Waals surface area contributed by atoms with E-state index in [0.717, 1.165) is 71.2 Å². The molecule has 0 aromatic heterocycles. The minimum absolute atomic E-state index is 0.257. The molecule has 25 heavy (non-hydrogen) atoms. The van der Waals surface area contributed by atoms with Crippen molar-refractivity contribution in [3.8, 4) is 0 Å². The van der Waals surface area contributed by atoms with Crippen molar-refractivity contribution in [1.29, 1.82) is 0 Å². The van der Waals surface area contributed by atoms with E-state index in [1.54, 1.807) is 0 Å². The zero-order valence-corrected chi connectivity index (χ0v) is 15.4. The van der Waals surface area contributed by atoms with E-state index < -0.39 is 0 Å². The molecule has 2 unspecified atom stereocenters. The van der Waals surface area contributed by atoms with E-state index >= 15 is 0 Å². The van der Waals surface area contributed by atoms with Crippen LogP contribution in [0.15, 0.2) is 0 Å². The molecule has 0 aromatic carbocycles. The highest BCUT2D eigenvalue weighted by molar-refractivity contribution is 5.79. The van der Waals surface area contributed by atoms with Gasteiger partial charge in [0.1, 0.15) is 0 Å². The average Bonchev–Trinajstić information content (AvgIpc) is 2.61. The number of rotatable bonds is 3. The van der Waals surface area contributed by atoms with E-state index in [0.29, 0.717) is 23.9 Å². The van der Waals surface area contributed by atoms with Crippen LogP contribution in [0.1, 0.15) is 32.1 Å². The highest BCUT2D eigenvalue weighted by Gasteiger charge is 2.37. The summed E-state index contributed by atoms with van der Waals surface area (Å²) in [6, 6.07) is 0.899. The van der Waals surface area contributed by atoms with Crippen molar-refractivity contribution >= 4 is 5.91 Å². The van der Waals surface area contributed by atoms with Crippen LogP contribution in [0.5, 0.6) is 0 Å². The van der Waals surface area contributed by atoms with Gasteiger partial charge in [0.05, 0.1) is 19.3 Å². The molecule has 3 saturated heterocycles. The molecule has 142 valence electrons. The quantitative estimate of drug-likeness (QED) is 0.765. The van der Waals surface area contributed by atoms with E-state index in [1.165, 1.54) is 19.3 Å². The Morgan fingerprint density at radius 2 is 1.72 bits per heavy atom. The normalized spacial score (nSPS) is 38.4. The molecule has 6 heteroatoms. The topological polar surface area (TPSA) is 70.8 Å². The monoisotopic (exact) mass is 350 g/mol. The Bertz CT molecular complexity index is 454. The summed E-state index contributed by atoms with van der Waals surface area (Å²) in [6.45, 7) is 7.63. The summed E-state index contributed by atoms with van der Waals surface area (Å²) in [5.41, 5.74) is 6.32. The van der Waals surface area contributed by atoms with E-state index in [4.69, 9.17) is 10.5 Å². The van der Waals surface area contributed by atoms with Gasteiger partial charge < -0.3 is 20.7 Å². The van der Waals surface area contributed by atoms with Crippen molar-refractivity contribution in [1.82, 2.24) is 15.1 Å². The van der Waals surface area contributed by atoms with Crippen molar-refractivity contribution in [2.24, 2.45) is 23.5 Å². The smallest absolute Gasteiger partial charge is 0.225 e. The summed E-state index contributed by atoms with van der Waals surface area (Å²) in [5.74, 6) is 2.06. The Morgan fingerprint density at radius 3 is 2.32 bits per heavy atom. The lowest BCUT2D eigenvalue weighted by Crippen LogP contribution is -2.58. The molecule has 1 aliphatic carbocycles. The lowest BCUT2D eigenvalue weighted by Gasteiger charge is -2.44. The number of nitrogens with zero attached hydrogens (tertiary/aromatic N) is 2. The van der Waals surface area contributed by atoms with E-state index in [1.807, 2.05) is 0 Å². The molecule has 0 radical (unpaired) electrons. The molecule has 2 atom stereocenters. The lowest BCUT2D eigenvalue weighted by molar-refractivity contribution is -0.141. The predicted molar refractivity (Wildman–Crippen MR) is 97.2 cm³/mol. The Hall–Kier alpha value is -0.690. The van der Waals surface area contributed by atoms with Gasteiger partial charge in [-0.1, -0.05) is 0 Å². The first kappa shape index (κ1) is 17.7. The molecule has 4 rings (SSSR count). The van der Waals surface area contributed by atoms with Gasteiger partial charge in [-0.25, -0.2) is 0 Å². The molecule has 0 aromatic rings. The average molecular weight is 351 g/mol. The van der Waals surface area contributed by atoms with Crippen LogP contribution in [-0.4, -0.2) is 80.3 Å². The number of hydrogen-bond acceptors (Lipinski definition) is 5. The summed E-state index contributed by atoms with van der Waals surface area (Å²) < 4.78 is 5.29. The van der Waals surface area contributed by atoms with Crippen molar-refractivity contribution < 1.29 is 9.53 Å². The Labute approximate surface area is 151 Å². The zero-order valence-electron chi connectivity index (χ0n) is 15.4. The highest BCUT2D eigenvalue weighted by atomic mass is 16.5. The molecule has 3 N–H and O–H groups in total. The Balaban J connectivity index is 1.23. The third kappa shape index (κ3) is 3.87. The molecule has 6 nitrogen and oxygen atoms in total. The first-order valence-electron chi connectivity index (χ1n) is 10.3. The molecular formula is C19H34N4O2. The van der Waals surface area contributed by atoms with Crippen molar-refractivity contribution in [3.63, 3.8) is 0 Å². The molecule has 1 amide bonds. The molecule has 0 spiro atoms.